The number of hydrogen-bond donors (Lipinski definition) is 1. The number of nitrogens with one attached hydrogen (secondary N) is 1. The molecule has 1 N–H and O–H groups in total. The molecule has 4 nitrogen and oxygen atoms in total. The lowest BCUT2D eigenvalue weighted by atomic mass is 10.0. The van der Waals surface area contributed by atoms with E-state index in [0.717, 1.165) is 34.4 Å². The van der Waals surface area contributed by atoms with E-state index in [-0.39, 0.29) is 5.91 Å². The van der Waals surface area contributed by atoms with Crippen molar-refractivity contribution in [3.8, 4) is 5.75 Å². The molecule has 0 fully saturated rings. The van der Waals surface area contributed by atoms with E-state index in [9.17, 15) is 4.79 Å². The van der Waals surface area contributed by atoms with Crippen LogP contribution in [0.5, 0.6) is 5.75 Å². The molecular formula is C24H22N2O2S. The summed E-state index contributed by atoms with van der Waals surface area (Å²) in [6, 6.07) is 22.5. The summed E-state index contributed by atoms with van der Waals surface area (Å²) in [7, 11) is 1.68. The molecule has 0 atom stereocenters. The summed E-state index contributed by atoms with van der Waals surface area (Å²) >= 11 is 1.53. The number of rotatable bonds is 7. The van der Waals surface area contributed by atoms with Crippen LogP contribution >= 0.6 is 11.3 Å². The number of anilines is 1. The van der Waals surface area contributed by atoms with E-state index in [1.54, 1.807) is 7.11 Å². The van der Waals surface area contributed by atoms with E-state index in [4.69, 9.17) is 4.74 Å². The number of fused-ring (bicyclic) bond motifs is 1. The van der Waals surface area contributed by atoms with Crippen molar-refractivity contribution in [3.05, 3.63) is 88.9 Å². The number of aromatic nitrogens is 1. The highest BCUT2D eigenvalue weighted by Gasteiger charge is 2.08. The number of hydrogen-bond acceptors (Lipinski definition) is 4. The minimum Gasteiger partial charge on any atom is -0.497 e. The van der Waals surface area contributed by atoms with Crippen LogP contribution in [0.15, 0.2) is 72.9 Å². The molecule has 0 bridgehead atoms. The van der Waals surface area contributed by atoms with E-state index in [2.05, 4.69) is 34.6 Å². The fourth-order valence-corrected chi connectivity index (χ4v) is 4.11. The van der Waals surface area contributed by atoms with Crippen LogP contribution < -0.4 is 10.1 Å². The minimum absolute atomic E-state index is 0.00518. The van der Waals surface area contributed by atoms with Crippen molar-refractivity contribution in [3.63, 3.8) is 0 Å². The van der Waals surface area contributed by atoms with Crippen LogP contribution in [0.4, 0.5) is 5.13 Å². The van der Waals surface area contributed by atoms with Gasteiger partial charge in [0.1, 0.15) is 5.75 Å². The van der Waals surface area contributed by atoms with E-state index in [0.29, 0.717) is 11.6 Å². The fraction of sp³-hybridized carbons (Fsp3) is 0.167. The van der Waals surface area contributed by atoms with E-state index >= 15 is 0 Å². The molecule has 146 valence electrons. The van der Waals surface area contributed by atoms with Crippen LogP contribution in [0.25, 0.3) is 10.8 Å². The third kappa shape index (κ3) is 5.00. The zero-order chi connectivity index (χ0) is 20.1. The van der Waals surface area contributed by atoms with Gasteiger partial charge in [-0.2, -0.15) is 0 Å². The summed E-state index contributed by atoms with van der Waals surface area (Å²) in [5.41, 5.74) is 2.38. The van der Waals surface area contributed by atoms with Crippen LogP contribution in [-0.4, -0.2) is 18.0 Å². The molecule has 3 aromatic carbocycles. The van der Waals surface area contributed by atoms with Crippen LogP contribution in [0, 0.1) is 0 Å². The number of methoxy groups -OCH3 is 1. The topological polar surface area (TPSA) is 51.2 Å². The van der Waals surface area contributed by atoms with E-state index in [1.165, 1.54) is 22.3 Å². The average molecular weight is 403 g/mol. The minimum atomic E-state index is -0.00518. The molecule has 0 radical (unpaired) electrons. The zero-order valence-electron chi connectivity index (χ0n) is 16.2. The van der Waals surface area contributed by atoms with Gasteiger partial charge in [0, 0.05) is 23.9 Å². The Balaban J connectivity index is 1.36. The quantitative estimate of drug-likeness (QED) is 0.446. The lowest BCUT2D eigenvalue weighted by molar-refractivity contribution is -0.116. The highest BCUT2D eigenvalue weighted by Crippen LogP contribution is 2.25. The molecule has 0 aliphatic rings. The highest BCUT2D eigenvalue weighted by molar-refractivity contribution is 7.15. The molecule has 1 amide bonds. The van der Waals surface area contributed by atoms with Crippen molar-refractivity contribution in [2.75, 3.05) is 12.4 Å². The first-order valence-electron chi connectivity index (χ1n) is 9.55. The van der Waals surface area contributed by atoms with E-state index < -0.39 is 0 Å². The van der Waals surface area contributed by atoms with Gasteiger partial charge >= 0.3 is 0 Å². The highest BCUT2D eigenvalue weighted by atomic mass is 32.1. The summed E-state index contributed by atoms with van der Waals surface area (Å²) in [5, 5.41) is 5.91. The first-order valence-corrected chi connectivity index (χ1v) is 10.4. The zero-order valence-corrected chi connectivity index (χ0v) is 17.0. The molecular weight excluding hydrogens is 380 g/mol. The first kappa shape index (κ1) is 19.2. The van der Waals surface area contributed by atoms with Crippen LogP contribution in [0.1, 0.15) is 22.4 Å². The molecule has 0 aliphatic heterocycles. The number of amides is 1. The van der Waals surface area contributed by atoms with Crippen molar-refractivity contribution in [2.45, 2.75) is 19.3 Å². The van der Waals surface area contributed by atoms with Crippen LogP contribution in [0.3, 0.4) is 0 Å². The molecule has 0 spiro atoms. The molecule has 4 aromatic rings. The number of ether oxygens (including phenoxy) is 1. The Hall–Kier alpha value is -3.18. The summed E-state index contributed by atoms with van der Waals surface area (Å²) in [6.45, 7) is 0. The van der Waals surface area contributed by atoms with Crippen molar-refractivity contribution < 1.29 is 9.53 Å². The van der Waals surface area contributed by atoms with Gasteiger partial charge in [-0.15, -0.1) is 11.3 Å². The third-order valence-corrected chi connectivity index (χ3v) is 5.69. The van der Waals surface area contributed by atoms with E-state index in [1.807, 2.05) is 48.7 Å². The molecule has 4 rings (SSSR count). The maximum atomic E-state index is 12.2. The maximum Gasteiger partial charge on any atom is 0.226 e. The molecule has 1 heterocycles. The van der Waals surface area contributed by atoms with Gasteiger partial charge in [0.25, 0.3) is 0 Å². The molecule has 1 aromatic heterocycles. The van der Waals surface area contributed by atoms with Crippen molar-refractivity contribution >= 4 is 33.1 Å². The average Bonchev–Trinajstić information content (AvgIpc) is 3.19. The van der Waals surface area contributed by atoms with Gasteiger partial charge in [-0.1, -0.05) is 54.6 Å². The number of carbonyl (C=O) groups is 1. The standard InChI is InChI=1S/C24H22N2O2S/c1-28-21-11-10-19-13-18(7-9-20(19)15-21)14-22-16-25-24(29-22)26-23(27)12-8-17-5-3-2-4-6-17/h2-7,9-11,13,15-16H,8,12,14H2,1H3,(H,25,26,27). The molecule has 0 saturated carbocycles. The Morgan fingerprint density at radius 2 is 1.79 bits per heavy atom. The molecule has 0 saturated heterocycles. The number of thiazole rings is 1. The molecule has 0 unspecified atom stereocenters. The monoisotopic (exact) mass is 402 g/mol. The molecule has 5 heteroatoms. The SMILES string of the molecule is COc1ccc2cc(Cc3cnc(NC(=O)CCc4ccccc4)s3)ccc2c1. The Bertz CT molecular complexity index is 1120. The van der Waals surface area contributed by atoms with Crippen molar-refractivity contribution in [1.82, 2.24) is 4.98 Å². The van der Waals surface area contributed by atoms with Gasteiger partial charge < -0.3 is 10.1 Å². The summed E-state index contributed by atoms with van der Waals surface area (Å²) < 4.78 is 5.28. The number of aryl methyl sites for hydroxylation is 1. The van der Waals surface area contributed by atoms with Gasteiger partial charge in [0.15, 0.2) is 5.13 Å². The van der Waals surface area contributed by atoms with Crippen molar-refractivity contribution in [1.29, 1.82) is 0 Å². The fourth-order valence-electron chi connectivity index (χ4n) is 3.24. The van der Waals surface area contributed by atoms with Crippen LogP contribution in [0.2, 0.25) is 0 Å². The first-order chi connectivity index (χ1) is 14.2. The second-order valence-electron chi connectivity index (χ2n) is 6.89. The van der Waals surface area contributed by atoms with Crippen LogP contribution in [-0.2, 0) is 17.6 Å². The second kappa shape index (κ2) is 8.88. The van der Waals surface area contributed by atoms with Gasteiger partial charge in [0.05, 0.1) is 7.11 Å². The van der Waals surface area contributed by atoms with Gasteiger partial charge in [-0.05, 0) is 40.5 Å². The Morgan fingerprint density at radius 3 is 2.62 bits per heavy atom. The van der Waals surface area contributed by atoms with Gasteiger partial charge in [0.2, 0.25) is 5.91 Å². The molecule has 0 aliphatic carbocycles. The number of nitrogens with zero attached hydrogens (tertiary/aromatic N) is 1. The lowest BCUT2D eigenvalue weighted by Crippen LogP contribution is -2.11. The van der Waals surface area contributed by atoms with Gasteiger partial charge in [-0.3, -0.25) is 4.79 Å². The largest absolute Gasteiger partial charge is 0.497 e. The lowest BCUT2D eigenvalue weighted by Gasteiger charge is -2.05. The smallest absolute Gasteiger partial charge is 0.226 e. The Labute approximate surface area is 174 Å². The normalized spacial score (nSPS) is 10.8. The predicted octanol–water partition coefficient (Wildman–Crippen LogP) is 5.47. The third-order valence-electron chi connectivity index (χ3n) is 4.77. The molecule has 29 heavy (non-hydrogen) atoms. The summed E-state index contributed by atoms with van der Waals surface area (Å²) in [4.78, 5) is 17.7. The summed E-state index contributed by atoms with van der Waals surface area (Å²) in [6.07, 6.45) is 3.81. The van der Waals surface area contributed by atoms with Gasteiger partial charge in [-0.25, -0.2) is 4.98 Å². The Morgan fingerprint density at radius 1 is 1.00 bits per heavy atom. The predicted molar refractivity (Wildman–Crippen MR) is 119 cm³/mol. The number of benzene rings is 3. The second-order valence-corrected chi connectivity index (χ2v) is 8.00. The maximum absolute atomic E-state index is 12.2. The Kier molecular flexibility index (Phi) is 5.86. The number of carbonyl (C=O) groups excluding carboxylic acids is 1. The van der Waals surface area contributed by atoms with Crippen molar-refractivity contribution in [2.24, 2.45) is 0 Å². The summed E-state index contributed by atoms with van der Waals surface area (Å²) in [5.74, 6) is 0.856.